The Kier molecular flexibility index (Phi) is 5.06. The summed E-state index contributed by atoms with van der Waals surface area (Å²) in [5, 5.41) is 2.61. The van der Waals surface area contributed by atoms with Gasteiger partial charge in [-0.1, -0.05) is 66.7 Å². The van der Waals surface area contributed by atoms with Crippen LogP contribution in [0.1, 0.15) is 30.0 Å². The first-order chi connectivity index (χ1) is 14.6. The number of fused-ring (bicyclic) bond motifs is 2. The molecule has 2 nitrogen and oxygen atoms in total. The van der Waals surface area contributed by atoms with E-state index in [0.717, 1.165) is 37.2 Å². The summed E-state index contributed by atoms with van der Waals surface area (Å²) in [6, 6.07) is 24.2. The first-order valence-electron chi connectivity index (χ1n) is 11.1. The van der Waals surface area contributed by atoms with Crippen molar-refractivity contribution in [1.29, 1.82) is 0 Å². The largest absolute Gasteiger partial charge is 0.370 e. The summed E-state index contributed by atoms with van der Waals surface area (Å²) in [5.41, 5.74) is 8.42. The molecule has 0 spiro atoms. The zero-order chi connectivity index (χ0) is 20.6. The fourth-order valence-electron chi connectivity index (χ4n) is 4.98. The molecule has 0 aromatic heterocycles. The quantitative estimate of drug-likeness (QED) is 0.489. The average Bonchev–Trinajstić information content (AvgIpc) is 3.04. The van der Waals surface area contributed by atoms with Crippen molar-refractivity contribution < 1.29 is 9.22 Å². The van der Waals surface area contributed by atoms with E-state index in [1.54, 1.807) is 0 Å². The highest BCUT2D eigenvalue weighted by Crippen LogP contribution is 2.44. The number of allylic oxidation sites excluding steroid dienone is 2. The van der Waals surface area contributed by atoms with Crippen LogP contribution in [0.15, 0.2) is 72.3 Å². The molecule has 3 aromatic carbocycles. The van der Waals surface area contributed by atoms with Gasteiger partial charge in [-0.15, -0.1) is 0 Å². The molecule has 2 heteroatoms. The predicted molar refractivity (Wildman–Crippen MR) is 127 cm³/mol. The summed E-state index contributed by atoms with van der Waals surface area (Å²) in [6.07, 6.45) is 3.51. The maximum absolute atomic E-state index is 5.60. The molecule has 0 unspecified atom stereocenters. The van der Waals surface area contributed by atoms with Gasteiger partial charge >= 0.3 is 0 Å². The SMILES string of the molecule is CC1=C(CC[N+]2(C)CCOCC2)c2ccccc2/C1=C/c1cccc2ccccc12. The number of rotatable bonds is 4. The third kappa shape index (κ3) is 3.51. The summed E-state index contributed by atoms with van der Waals surface area (Å²) in [7, 11) is 2.38. The molecule has 3 aromatic rings. The van der Waals surface area contributed by atoms with Gasteiger partial charge in [0.15, 0.2) is 0 Å². The van der Waals surface area contributed by atoms with Gasteiger partial charge in [-0.05, 0) is 57.2 Å². The number of ether oxygens (including phenoxy) is 1. The van der Waals surface area contributed by atoms with Crippen LogP contribution in [-0.4, -0.2) is 44.4 Å². The van der Waals surface area contributed by atoms with Crippen molar-refractivity contribution in [3.63, 3.8) is 0 Å². The van der Waals surface area contributed by atoms with Gasteiger partial charge in [-0.3, -0.25) is 0 Å². The standard InChI is InChI=1S/C28H30NO/c1-21-24(14-15-29(2)16-18-30-19-17-29)26-12-5-6-13-27(26)28(21)20-23-10-7-9-22-8-3-4-11-25(22)23/h3-13,20H,14-19H2,1-2H3/q+1/b28-20+. The van der Waals surface area contributed by atoms with Crippen LogP contribution in [0.25, 0.3) is 28.0 Å². The lowest BCUT2D eigenvalue weighted by Crippen LogP contribution is -2.52. The summed E-state index contributed by atoms with van der Waals surface area (Å²) in [6.45, 7) is 7.49. The van der Waals surface area contributed by atoms with Crippen molar-refractivity contribution in [3.8, 4) is 0 Å². The highest BCUT2D eigenvalue weighted by atomic mass is 16.5. The second kappa shape index (κ2) is 7.86. The third-order valence-corrected chi connectivity index (χ3v) is 6.97. The maximum atomic E-state index is 5.60. The molecule has 5 rings (SSSR count). The Hall–Kier alpha value is -2.68. The molecule has 0 saturated carbocycles. The van der Waals surface area contributed by atoms with Crippen molar-refractivity contribution >= 4 is 28.0 Å². The molecule has 152 valence electrons. The molecule has 30 heavy (non-hydrogen) atoms. The second-order valence-corrected chi connectivity index (χ2v) is 8.93. The van der Waals surface area contributed by atoms with Crippen LogP contribution < -0.4 is 0 Å². The maximum Gasteiger partial charge on any atom is 0.102 e. The van der Waals surface area contributed by atoms with Gasteiger partial charge in [0.25, 0.3) is 0 Å². The molecule has 1 heterocycles. The fraction of sp³-hybridized carbons (Fsp3) is 0.286. The summed E-state index contributed by atoms with van der Waals surface area (Å²) in [4.78, 5) is 0. The Morgan fingerprint density at radius 2 is 1.57 bits per heavy atom. The zero-order valence-electron chi connectivity index (χ0n) is 18.0. The summed E-state index contributed by atoms with van der Waals surface area (Å²) >= 11 is 0. The lowest BCUT2D eigenvalue weighted by molar-refractivity contribution is -0.916. The smallest absolute Gasteiger partial charge is 0.102 e. The lowest BCUT2D eigenvalue weighted by Gasteiger charge is -2.37. The monoisotopic (exact) mass is 396 g/mol. The number of morpholine rings is 1. The van der Waals surface area contributed by atoms with E-state index in [9.17, 15) is 0 Å². The van der Waals surface area contributed by atoms with E-state index < -0.39 is 0 Å². The molecule has 0 amide bonds. The van der Waals surface area contributed by atoms with E-state index in [1.165, 1.54) is 50.7 Å². The molecule has 0 N–H and O–H groups in total. The Morgan fingerprint density at radius 3 is 2.40 bits per heavy atom. The van der Waals surface area contributed by atoms with Crippen LogP contribution in [0.5, 0.6) is 0 Å². The third-order valence-electron chi connectivity index (χ3n) is 6.97. The minimum Gasteiger partial charge on any atom is -0.370 e. The van der Waals surface area contributed by atoms with Crippen molar-refractivity contribution in [2.24, 2.45) is 0 Å². The van der Waals surface area contributed by atoms with Gasteiger partial charge in [0.05, 0.1) is 26.8 Å². The highest BCUT2D eigenvalue weighted by molar-refractivity contribution is 6.07. The van der Waals surface area contributed by atoms with E-state index in [0.29, 0.717) is 0 Å². The molecule has 1 fully saturated rings. The Balaban J connectivity index is 1.54. The van der Waals surface area contributed by atoms with Gasteiger partial charge in [-0.2, -0.15) is 0 Å². The van der Waals surface area contributed by atoms with Crippen molar-refractivity contribution in [3.05, 3.63) is 89.0 Å². The van der Waals surface area contributed by atoms with Gasteiger partial charge in [0.2, 0.25) is 0 Å². The van der Waals surface area contributed by atoms with Gasteiger partial charge in [0, 0.05) is 6.42 Å². The molecule has 1 aliphatic heterocycles. The number of benzene rings is 3. The summed E-state index contributed by atoms with van der Waals surface area (Å²) < 4.78 is 6.71. The number of hydrogen-bond donors (Lipinski definition) is 0. The van der Waals surface area contributed by atoms with Crippen LogP contribution in [0.3, 0.4) is 0 Å². The normalized spacial score (nSPS) is 19.5. The Morgan fingerprint density at radius 1 is 0.867 bits per heavy atom. The number of likely N-dealkylation sites (N-methyl/N-ethyl adjacent to an activating group) is 1. The van der Waals surface area contributed by atoms with Gasteiger partial charge in [-0.25, -0.2) is 0 Å². The Bertz CT molecular complexity index is 1140. The van der Waals surface area contributed by atoms with Crippen molar-refractivity contribution in [2.75, 3.05) is 39.9 Å². The van der Waals surface area contributed by atoms with E-state index in [-0.39, 0.29) is 0 Å². The van der Waals surface area contributed by atoms with Gasteiger partial charge in [0.1, 0.15) is 13.1 Å². The molecule has 0 bridgehead atoms. The Labute approximate surface area is 179 Å². The molecular weight excluding hydrogens is 366 g/mol. The fourth-order valence-corrected chi connectivity index (χ4v) is 4.98. The van der Waals surface area contributed by atoms with Crippen molar-refractivity contribution in [2.45, 2.75) is 13.3 Å². The molecule has 2 aliphatic rings. The van der Waals surface area contributed by atoms with Crippen LogP contribution in [0.2, 0.25) is 0 Å². The lowest BCUT2D eigenvalue weighted by atomic mass is 9.97. The molecule has 0 atom stereocenters. The second-order valence-electron chi connectivity index (χ2n) is 8.93. The number of nitrogens with zero attached hydrogens (tertiary/aromatic N) is 1. The minimum atomic E-state index is 0.886. The van der Waals surface area contributed by atoms with E-state index in [4.69, 9.17) is 4.74 Å². The van der Waals surface area contributed by atoms with E-state index in [2.05, 4.69) is 86.8 Å². The number of quaternary nitrogens is 1. The first kappa shape index (κ1) is 19.3. The molecule has 1 aliphatic carbocycles. The number of hydrogen-bond acceptors (Lipinski definition) is 1. The minimum absolute atomic E-state index is 0.886. The average molecular weight is 397 g/mol. The van der Waals surface area contributed by atoms with Crippen LogP contribution in [0.4, 0.5) is 0 Å². The van der Waals surface area contributed by atoms with Gasteiger partial charge < -0.3 is 9.22 Å². The van der Waals surface area contributed by atoms with Crippen LogP contribution >= 0.6 is 0 Å². The van der Waals surface area contributed by atoms with E-state index >= 15 is 0 Å². The van der Waals surface area contributed by atoms with E-state index in [1.807, 2.05) is 0 Å². The van der Waals surface area contributed by atoms with Crippen molar-refractivity contribution in [1.82, 2.24) is 0 Å². The molecule has 0 radical (unpaired) electrons. The zero-order valence-corrected chi connectivity index (χ0v) is 18.0. The van der Waals surface area contributed by atoms with Crippen LogP contribution in [0, 0.1) is 0 Å². The predicted octanol–water partition coefficient (Wildman–Crippen LogP) is 6.03. The molecular formula is C28H30NO+. The highest BCUT2D eigenvalue weighted by Gasteiger charge is 2.29. The topological polar surface area (TPSA) is 9.23 Å². The molecule has 1 saturated heterocycles. The summed E-state index contributed by atoms with van der Waals surface area (Å²) in [5.74, 6) is 0. The first-order valence-corrected chi connectivity index (χ1v) is 11.1. The van der Waals surface area contributed by atoms with Crippen LogP contribution in [-0.2, 0) is 4.74 Å².